The third-order valence-corrected chi connectivity index (χ3v) is 2.23. The van der Waals surface area contributed by atoms with Crippen LogP contribution in [0.3, 0.4) is 0 Å². The van der Waals surface area contributed by atoms with Gasteiger partial charge in [0.15, 0.2) is 0 Å². The molecular formula is C7H20Cl3N2O4P. The molecule has 17 heavy (non-hydrogen) atoms. The maximum Gasteiger partial charge on any atom is 0.469 e. The number of nitrogens with one attached hydrogen (secondary N) is 2. The number of alkyl halides is 1. The van der Waals surface area contributed by atoms with Crippen LogP contribution in [0.5, 0.6) is 0 Å². The summed E-state index contributed by atoms with van der Waals surface area (Å²) in [5.74, 6) is 0.566. The van der Waals surface area contributed by atoms with Crippen LogP contribution in [0.1, 0.15) is 6.92 Å². The van der Waals surface area contributed by atoms with Crippen molar-refractivity contribution in [3.63, 3.8) is 0 Å². The van der Waals surface area contributed by atoms with Gasteiger partial charge in [0.25, 0.3) is 0 Å². The number of hydrogen-bond donors (Lipinski definition) is 4. The van der Waals surface area contributed by atoms with Gasteiger partial charge in [-0.3, -0.25) is 4.52 Å². The minimum absolute atomic E-state index is 0. The highest BCUT2D eigenvalue weighted by Gasteiger charge is 2.15. The first kappa shape index (κ1) is 23.0. The lowest BCUT2D eigenvalue weighted by Gasteiger charge is -2.14. The maximum absolute atomic E-state index is 10.4. The molecule has 0 aromatic carbocycles. The lowest BCUT2D eigenvalue weighted by molar-refractivity contribution is 0.181. The summed E-state index contributed by atoms with van der Waals surface area (Å²) in [5, 5.41) is 6.11. The Bertz CT molecular complexity index is 208. The first-order valence-corrected chi connectivity index (χ1v) is 6.72. The van der Waals surface area contributed by atoms with Crippen molar-refractivity contribution in [2.75, 3.05) is 32.1 Å². The van der Waals surface area contributed by atoms with E-state index in [1.165, 1.54) is 0 Å². The largest absolute Gasteiger partial charge is 0.469 e. The van der Waals surface area contributed by atoms with E-state index >= 15 is 0 Å². The number of phosphoric ester groups is 1. The molecule has 4 N–H and O–H groups in total. The molecule has 0 heterocycles. The Labute approximate surface area is 119 Å². The zero-order chi connectivity index (χ0) is 11.7. The smallest absolute Gasteiger partial charge is 0.314 e. The van der Waals surface area contributed by atoms with Gasteiger partial charge in [-0.2, -0.15) is 0 Å². The summed E-state index contributed by atoms with van der Waals surface area (Å²) in [6.45, 7) is 3.98. The molecule has 108 valence electrons. The molecule has 0 radical (unpaired) electrons. The average Bonchev–Trinajstić information content (AvgIpc) is 2.13. The van der Waals surface area contributed by atoms with Crippen molar-refractivity contribution >= 4 is 44.2 Å². The van der Waals surface area contributed by atoms with Crippen LogP contribution in [0, 0.1) is 0 Å². The van der Waals surface area contributed by atoms with E-state index in [2.05, 4.69) is 15.2 Å². The maximum atomic E-state index is 10.4. The van der Waals surface area contributed by atoms with E-state index in [4.69, 9.17) is 21.4 Å². The van der Waals surface area contributed by atoms with Gasteiger partial charge >= 0.3 is 7.82 Å². The van der Waals surface area contributed by atoms with Crippen LogP contribution in [-0.2, 0) is 9.09 Å². The van der Waals surface area contributed by atoms with E-state index in [1.54, 1.807) is 6.92 Å². The summed E-state index contributed by atoms with van der Waals surface area (Å²) in [6.07, 6.45) is 0. The average molecular weight is 334 g/mol. The normalized spacial score (nSPS) is 12.5. The second kappa shape index (κ2) is 13.3. The summed E-state index contributed by atoms with van der Waals surface area (Å²) in [7, 11) is -4.34. The summed E-state index contributed by atoms with van der Waals surface area (Å²) in [6, 6.07) is -0.101. The summed E-state index contributed by atoms with van der Waals surface area (Å²) < 4.78 is 14.7. The first-order chi connectivity index (χ1) is 6.95. The number of hydrogen-bond acceptors (Lipinski definition) is 4. The van der Waals surface area contributed by atoms with Gasteiger partial charge in [0.05, 0.1) is 6.61 Å². The van der Waals surface area contributed by atoms with E-state index in [1.807, 2.05) is 0 Å². The van der Waals surface area contributed by atoms with Gasteiger partial charge in [0.1, 0.15) is 0 Å². The molecular weight excluding hydrogens is 313 g/mol. The molecule has 0 saturated heterocycles. The van der Waals surface area contributed by atoms with E-state index in [9.17, 15) is 4.57 Å². The summed E-state index contributed by atoms with van der Waals surface area (Å²) in [4.78, 5) is 16.9. The lowest BCUT2D eigenvalue weighted by Crippen LogP contribution is -2.36. The fourth-order valence-corrected chi connectivity index (χ4v) is 1.42. The second-order valence-corrected chi connectivity index (χ2v) is 4.70. The molecule has 0 aliphatic rings. The molecule has 1 atom stereocenters. The molecule has 10 heteroatoms. The Balaban J connectivity index is -0.000000980. The standard InChI is InChI=1S/C7H18ClN2O4P.2ClH/c1-7(6-14-15(11,12)13)10-5-4-9-3-2-8;;/h7,9-10H,2-6H2,1H3,(H2,11,12,13);2*1H. The predicted molar refractivity (Wildman–Crippen MR) is 73.5 cm³/mol. The zero-order valence-corrected chi connectivity index (χ0v) is 12.7. The van der Waals surface area contributed by atoms with Gasteiger partial charge in [-0.1, -0.05) is 0 Å². The molecule has 0 fully saturated rings. The second-order valence-electron chi connectivity index (χ2n) is 3.08. The van der Waals surface area contributed by atoms with Crippen molar-refractivity contribution in [2.24, 2.45) is 0 Å². The third kappa shape index (κ3) is 19.4. The van der Waals surface area contributed by atoms with Crippen LogP contribution in [0.15, 0.2) is 0 Å². The van der Waals surface area contributed by atoms with E-state index < -0.39 is 7.82 Å². The minimum Gasteiger partial charge on any atom is -0.314 e. The molecule has 0 amide bonds. The summed E-state index contributed by atoms with van der Waals surface area (Å²) >= 11 is 5.45. The first-order valence-electron chi connectivity index (χ1n) is 4.66. The molecule has 0 aliphatic carbocycles. The molecule has 0 rings (SSSR count). The molecule has 0 aromatic heterocycles. The highest BCUT2D eigenvalue weighted by Crippen LogP contribution is 2.35. The van der Waals surface area contributed by atoms with Gasteiger partial charge in [-0.25, -0.2) is 4.57 Å². The van der Waals surface area contributed by atoms with Crippen LogP contribution in [0.4, 0.5) is 0 Å². The Hall–Kier alpha value is 0.900. The molecule has 6 nitrogen and oxygen atoms in total. The zero-order valence-electron chi connectivity index (χ0n) is 9.47. The van der Waals surface area contributed by atoms with Crippen molar-refractivity contribution in [3.8, 4) is 0 Å². The van der Waals surface area contributed by atoms with E-state index in [0.717, 1.165) is 13.1 Å². The van der Waals surface area contributed by atoms with Crippen LogP contribution < -0.4 is 10.6 Å². The van der Waals surface area contributed by atoms with Crippen molar-refractivity contribution in [2.45, 2.75) is 13.0 Å². The minimum atomic E-state index is -4.34. The van der Waals surface area contributed by atoms with Crippen LogP contribution in [0.25, 0.3) is 0 Å². The van der Waals surface area contributed by atoms with Gasteiger partial charge in [-0.05, 0) is 6.92 Å². The molecule has 0 saturated carbocycles. The number of rotatable bonds is 9. The van der Waals surface area contributed by atoms with Crippen molar-refractivity contribution in [1.29, 1.82) is 0 Å². The van der Waals surface area contributed by atoms with Gasteiger partial charge < -0.3 is 20.4 Å². The fourth-order valence-electron chi connectivity index (χ4n) is 0.867. The van der Waals surface area contributed by atoms with E-state index in [-0.39, 0.29) is 37.5 Å². The highest BCUT2D eigenvalue weighted by molar-refractivity contribution is 7.46. The predicted octanol–water partition coefficient (Wildman–Crippen LogP) is 0.746. The SMILES string of the molecule is CC(COP(=O)(O)O)NCCNCCCl.Cl.Cl. The Morgan fingerprint density at radius 2 is 1.88 bits per heavy atom. The van der Waals surface area contributed by atoms with Crippen molar-refractivity contribution < 1.29 is 18.9 Å². The van der Waals surface area contributed by atoms with Crippen LogP contribution >= 0.6 is 44.2 Å². The lowest BCUT2D eigenvalue weighted by atomic mass is 10.3. The number of halogens is 3. The third-order valence-electron chi connectivity index (χ3n) is 1.56. The topological polar surface area (TPSA) is 90.8 Å². The fraction of sp³-hybridized carbons (Fsp3) is 1.00. The molecule has 0 aliphatic heterocycles. The molecule has 0 aromatic rings. The van der Waals surface area contributed by atoms with Gasteiger partial charge in [-0.15, -0.1) is 36.4 Å². The van der Waals surface area contributed by atoms with Crippen LogP contribution in [0.2, 0.25) is 0 Å². The molecule has 1 unspecified atom stereocenters. The van der Waals surface area contributed by atoms with Gasteiger partial charge in [0, 0.05) is 31.6 Å². The molecule has 0 bridgehead atoms. The molecule has 0 spiro atoms. The number of phosphoric acid groups is 1. The van der Waals surface area contributed by atoms with Crippen molar-refractivity contribution in [3.05, 3.63) is 0 Å². The Morgan fingerprint density at radius 1 is 1.29 bits per heavy atom. The Kier molecular flexibility index (Phi) is 18.1. The quantitative estimate of drug-likeness (QED) is 0.283. The summed E-state index contributed by atoms with van der Waals surface area (Å²) in [5.41, 5.74) is 0. The monoisotopic (exact) mass is 332 g/mol. The van der Waals surface area contributed by atoms with Gasteiger partial charge in [0.2, 0.25) is 0 Å². The van der Waals surface area contributed by atoms with Crippen LogP contribution in [-0.4, -0.2) is 47.9 Å². The Morgan fingerprint density at radius 3 is 2.35 bits per heavy atom. The highest BCUT2D eigenvalue weighted by atomic mass is 35.5. The van der Waals surface area contributed by atoms with E-state index in [0.29, 0.717) is 12.4 Å². The van der Waals surface area contributed by atoms with Crippen molar-refractivity contribution in [1.82, 2.24) is 10.6 Å².